The Morgan fingerprint density at radius 3 is 2.50 bits per heavy atom. The number of anilines is 1. The molecule has 156 valence electrons. The maximum Gasteiger partial charge on any atom is 0.165 e. The van der Waals surface area contributed by atoms with Gasteiger partial charge >= 0.3 is 0 Å². The Morgan fingerprint density at radius 2 is 1.70 bits per heavy atom. The molecule has 1 aliphatic carbocycles. The molecule has 0 fully saturated rings. The predicted octanol–water partition coefficient (Wildman–Crippen LogP) is 4.89. The molecule has 5 heteroatoms. The van der Waals surface area contributed by atoms with Gasteiger partial charge in [0.15, 0.2) is 11.6 Å². The Bertz CT molecular complexity index is 1070. The summed E-state index contributed by atoms with van der Waals surface area (Å²) < 4.78 is 13.6. The first kappa shape index (κ1) is 20.1. The molecule has 1 atom stereocenters. The average molecular weight is 407 g/mol. The molecule has 3 aromatic rings. The lowest BCUT2D eigenvalue weighted by molar-refractivity contribution is 0.432. The number of phenols is 3. The van der Waals surface area contributed by atoms with Crippen molar-refractivity contribution in [3.8, 4) is 17.2 Å². The highest BCUT2D eigenvalue weighted by Crippen LogP contribution is 2.39. The fourth-order valence-electron chi connectivity index (χ4n) is 4.34. The fourth-order valence-corrected chi connectivity index (χ4v) is 4.34. The minimum Gasteiger partial charge on any atom is -0.508 e. The van der Waals surface area contributed by atoms with Crippen LogP contribution in [0.4, 0.5) is 10.1 Å². The molecule has 0 spiro atoms. The van der Waals surface area contributed by atoms with Crippen molar-refractivity contribution in [2.45, 2.75) is 31.6 Å². The minimum atomic E-state index is -0.611. The highest BCUT2D eigenvalue weighted by Gasteiger charge is 2.24. The van der Waals surface area contributed by atoms with E-state index in [0.717, 1.165) is 30.5 Å². The van der Waals surface area contributed by atoms with Gasteiger partial charge in [-0.2, -0.15) is 0 Å². The molecule has 3 aromatic carbocycles. The quantitative estimate of drug-likeness (QED) is 0.563. The number of aromatic hydroxyl groups is 3. The van der Waals surface area contributed by atoms with Gasteiger partial charge < -0.3 is 20.2 Å². The van der Waals surface area contributed by atoms with Gasteiger partial charge in [0, 0.05) is 25.3 Å². The normalized spacial score (nSPS) is 15.6. The Labute approximate surface area is 175 Å². The van der Waals surface area contributed by atoms with Crippen molar-refractivity contribution in [3.05, 3.63) is 82.7 Å². The van der Waals surface area contributed by atoms with Crippen molar-refractivity contribution >= 4 is 5.69 Å². The van der Waals surface area contributed by atoms with Crippen LogP contribution in [0.2, 0.25) is 0 Å². The Morgan fingerprint density at radius 1 is 0.933 bits per heavy atom. The molecule has 0 radical (unpaired) electrons. The second-order valence-corrected chi connectivity index (χ2v) is 8.09. The van der Waals surface area contributed by atoms with Crippen molar-refractivity contribution in [2.75, 3.05) is 18.5 Å². The van der Waals surface area contributed by atoms with Crippen LogP contribution in [0.5, 0.6) is 17.2 Å². The van der Waals surface area contributed by atoms with Gasteiger partial charge in [-0.3, -0.25) is 0 Å². The van der Waals surface area contributed by atoms with Crippen molar-refractivity contribution < 1.29 is 19.7 Å². The van der Waals surface area contributed by atoms with Gasteiger partial charge in [0.05, 0.1) is 0 Å². The number of likely N-dealkylation sites (N-methyl/N-ethyl adjacent to an activating group) is 1. The Balaban J connectivity index is 1.54. The third-order valence-corrected chi connectivity index (χ3v) is 6.03. The predicted molar refractivity (Wildman–Crippen MR) is 116 cm³/mol. The lowest BCUT2D eigenvalue weighted by Gasteiger charge is -2.30. The Hall–Kier alpha value is -3.21. The lowest BCUT2D eigenvalue weighted by Crippen LogP contribution is -2.23. The Kier molecular flexibility index (Phi) is 5.53. The summed E-state index contributed by atoms with van der Waals surface area (Å²) in [5, 5.41) is 29.2. The van der Waals surface area contributed by atoms with Crippen LogP contribution in [0.15, 0.2) is 54.6 Å². The lowest BCUT2D eigenvalue weighted by atomic mass is 9.79. The molecule has 1 unspecified atom stereocenters. The zero-order valence-corrected chi connectivity index (χ0v) is 17.0. The van der Waals surface area contributed by atoms with Crippen LogP contribution in [-0.4, -0.2) is 28.9 Å². The molecule has 0 saturated heterocycles. The van der Waals surface area contributed by atoms with Crippen LogP contribution in [0, 0.1) is 5.82 Å². The van der Waals surface area contributed by atoms with Gasteiger partial charge in [0.25, 0.3) is 0 Å². The van der Waals surface area contributed by atoms with Crippen LogP contribution in [0.3, 0.4) is 0 Å². The molecule has 4 rings (SSSR count). The molecular weight excluding hydrogens is 381 g/mol. The molecule has 30 heavy (non-hydrogen) atoms. The van der Waals surface area contributed by atoms with Crippen molar-refractivity contribution in [1.82, 2.24) is 0 Å². The number of halogens is 1. The van der Waals surface area contributed by atoms with E-state index in [-0.39, 0.29) is 11.5 Å². The highest BCUT2D eigenvalue weighted by atomic mass is 19.1. The minimum absolute atomic E-state index is 0.220. The second kappa shape index (κ2) is 8.27. The second-order valence-electron chi connectivity index (χ2n) is 8.09. The summed E-state index contributed by atoms with van der Waals surface area (Å²) in [6, 6.07) is 15.6. The summed E-state index contributed by atoms with van der Waals surface area (Å²) in [6.07, 6.45) is 3.40. The summed E-state index contributed by atoms with van der Waals surface area (Å²) >= 11 is 0. The van der Waals surface area contributed by atoms with E-state index < -0.39 is 5.82 Å². The molecule has 1 aliphatic rings. The van der Waals surface area contributed by atoms with Gasteiger partial charge in [-0.05, 0) is 84.2 Å². The third kappa shape index (κ3) is 4.20. The summed E-state index contributed by atoms with van der Waals surface area (Å²) in [4.78, 5) is 2.09. The third-order valence-electron chi connectivity index (χ3n) is 6.03. The number of hydrogen-bond acceptors (Lipinski definition) is 4. The van der Waals surface area contributed by atoms with Crippen molar-refractivity contribution in [2.24, 2.45) is 0 Å². The van der Waals surface area contributed by atoms with Crippen LogP contribution >= 0.6 is 0 Å². The number of hydrogen-bond donors (Lipinski definition) is 3. The van der Waals surface area contributed by atoms with E-state index in [9.17, 15) is 19.7 Å². The van der Waals surface area contributed by atoms with Crippen molar-refractivity contribution in [1.29, 1.82) is 0 Å². The van der Waals surface area contributed by atoms with E-state index in [1.54, 1.807) is 24.3 Å². The maximum absolute atomic E-state index is 13.6. The number of fused-ring (bicyclic) bond motifs is 1. The number of benzene rings is 3. The van der Waals surface area contributed by atoms with Crippen molar-refractivity contribution in [3.63, 3.8) is 0 Å². The molecule has 0 heterocycles. The molecular formula is C25H26FNO3. The summed E-state index contributed by atoms with van der Waals surface area (Å²) in [5.41, 5.74) is 5.43. The fraction of sp³-hybridized carbons (Fsp3) is 0.280. The zero-order chi connectivity index (χ0) is 21.3. The molecule has 4 nitrogen and oxygen atoms in total. The molecule has 0 bridgehead atoms. The van der Waals surface area contributed by atoms with E-state index >= 15 is 0 Å². The summed E-state index contributed by atoms with van der Waals surface area (Å²) in [6.45, 7) is 0.651. The molecule has 0 amide bonds. The number of phenolic OH excluding ortho intramolecular Hbond substituents is 3. The number of nitrogens with zero attached hydrogens (tertiary/aromatic N) is 1. The first-order valence-corrected chi connectivity index (χ1v) is 10.2. The first-order chi connectivity index (χ1) is 14.4. The van der Waals surface area contributed by atoms with Gasteiger partial charge in [-0.25, -0.2) is 4.39 Å². The zero-order valence-electron chi connectivity index (χ0n) is 17.0. The van der Waals surface area contributed by atoms with Gasteiger partial charge in [-0.15, -0.1) is 0 Å². The molecule has 0 aliphatic heterocycles. The maximum atomic E-state index is 13.6. The number of rotatable bonds is 5. The average Bonchev–Trinajstić information content (AvgIpc) is 2.74. The summed E-state index contributed by atoms with van der Waals surface area (Å²) in [5.74, 6) is -0.0973. The van der Waals surface area contributed by atoms with Crippen LogP contribution < -0.4 is 4.90 Å². The first-order valence-electron chi connectivity index (χ1n) is 10.2. The van der Waals surface area contributed by atoms with Gasteiger partial charge in [0.1, 0.15) is 11.5 Å². The van der Waals surface area contributed by atoms with E-state index in [4.69, 9.17) is 0 Å². The number of aryl methyl sites for hydroxylation is 1. The van der Waals surface area contributed by atoms with Crippen LogP contribution in [-0.2, 0) is 19.3 Å². The molecule has 0 saturated carbocycles. The van der Waals surface area contributed by atoms with Crippen LogP contribution in [0.25, 0.3) is 0 Å². The smallest absolute Gasteiger partial charge is 0.165 e. The molecule has 3 N–H and O–H groups in total. The van der Waals surface area contributed by atoms with Gasteiger partial charge in [0.2, 0.25) is 0 Å². The SMILES string of the molecule is CN(CCc1ccc(O)c(F)c1)c1cc(O)ccc1C1CCc2cc(O)ccc2C1. The highest BCUT2D eigenvalue weighted by molar-refractivity contribution is 5.59. The van der Waals surface area contributed by atoms with E-state index in [1.807, 2.05) is 25.2 Å². The summed E-state index contributed by atoms with van der Waals surface area (Å²) in [7, 11) is 1.98. The van der Waals surface area contributed by atoms with Crippen LogP contribution in [0.1, 0.15) is 34.6 Å². The van der Waals surface area contributed by atoms with E-state index in [1.165, 1.54) is 28.8 Å². The monoisotopic (exact) mass is 407 g/mol. The molecule has 0 aromatic heterocycles. The van der Waals surface area contributed by atoms with E-state index in [2.05, 4.69) is 4.90 Å². The van der Waals surface area contributed by atoms with E-state index in [0.29, 0.717) is 24.6 Å². The standard InChI is InChI=1S/C25H26FNO3/c1-27(11-10-16-2-9-25(30)23(26)12-16)24-15-21(29)7-8-22(24)19-4-3-18-14-20(28)6-5-17(18)13-19/h2,5-9,12,14-15,19,28-30H,3-4,10-11,13H2,1H3. The largest absolute Gasteiger partial charge is 0.508 e. The van der Waals surface area contributed by atoms with Gasteiger partial charge in [-0.1, -0.05) is 18.2 Å². The topological polar surface area (TPSA) is 63.9 Å².